The van der Waals surface area contributed by atoms with Crippen molar-refractivity contribution < 1.29 is 4.74 Å². The standard InChI is InChI=1S/C21H18N4O/c1-25(15-16-5-3-2-4-6-16)18-7-9-19(10-8-18)26-21-23-13-17-11-12-22-14-20(17)24-21/h2-14H,15H2,1H3. The van der Waals surface area contributed by atoms with E-state index >= 15 is 0 Å². The van der Waals surface area contributed by atoms with E-state index in [9.17, 15) is 0 Å². The van der Waals surface area contributed by atoms with Crippen molar-refractivity contribution in [3.8, 4) is 11.8 Å². The van der Waals surface area contributed by atoms with Gasteiger partial charge in [0.2, 0.25) is 0 Å². The van der Waals surface area contributed by atoms with Gasteiger partial charge in [0.1, 0.15) is 5.75 Å². The Balaban J connectivity index is 1.46. The maximum Gasteiger partial charge on any atom is 0.322 e. The zero-order valence-corrected chi connectivity index (χ0v) is 14.4. The molecule has 26 heavy (non-hydrogen) atoms. The second-order valence-electron chi connectivity index (χ2n) is 6.02. The Bertz CT molecular complexity index is 1000. The molecule has 4 aromatic rings. The number of pyridine rings is 1. The third kappa shape index (κ3) is 3.62. The largest absolute Gasteiger partial charge is 0.424 e. The molecule has 0 saturated heterocycles. The van der Waals surface area contributed by atoms with E-state index in [0.29, 0.717) is 11.8 Å². The first kappa shape index (κ1) is 16.0. The molecule has 0 atom stereocenters. The molecule has 0 amide bonds. The third-order valence-corrected chi connectivity index (χ3v) is 4.11. The summed E-state index contributed by atoms with van der Waals surface area (Å²) in [5, 5.41) is 0.935. The maximum atomic E-state index is 5.77. The molecule has 0 N–H and O–H groups in total. The van der Waals surface area contributed by atoms with Crippen LogP contribution in [0.15, 0.2) is 79.3 Å². The zero-order chi connectivity index (χ0) is 17.8. The highest BCUT2D eigenvalue weighted by molar-refractivity contribution is 5.76. The quantitative estimate of drug-likeness (QED) is 0.536. The predicted molar refractivity (Wildman–Crippen MR) is 102 cm³/mol. The lowest BCUT2D eigenvalue weighted by Gasteiger charge is -2.19. The summed E-state index contributed by atoms with van der Waals surface area (Å²) < 4.78 is 5.77. The second kappa shape index (κ2) is 7.19. The lowest BCUT2D eigenvalue weighted by Crippen LogP contribution is -2.15. The molecule has 2 aromatic carbocycles. The van der Waals surface area contributed by atoms with Crippen molar-refractivity contribution in [2.45, 2.75) is 6.54 Å². The van der Waals surface area contributed by atoms with Crippen LogP contribution in [-0.4, -0.2) is 22.0 Å². The van der Waals surface area contributed by atoms with Gasteiger partial charge >= 0.3 is 6.01 Å². The molecule has 128 valence electrons. The van der Waals surface area contributed by atoms with E-state index in [1.165, 1.54) is 5.56 Å². The summed E-state index contributed by atoms with van der Waals surface area (Å²) in [4.78, 5) is 14.9. The highest BCUT2D eigenvalue weighted by Crippen LogP contribution is 2.23. The first-order valence-electron chi connectivity index (χ1n) is 8.38. The molecular weight excluding hydrogens is 324 g/mol. The van der Waals surface area contributed by atoms with Gasteiger partial charge in [0.15, 0.2) is 0 Å². The minimum absolute atomic E-state index is 0.316. The third-order valence-electron chi connectivity index (χ3n) is 4.11. The van der Waals surface area contributed by atoms with Gasteiger partial charge in [-0.15, -0.1) is 0 Å². The SMILES string of the molecule is CN(Cc1ccccc1)c1ccc(Oc2ncc3ccncc3n2)cc1. The van der Waals surface area contributed by atoms with Crippen molar-refractivity contribution in [2.75, 3.05) is 11.9 Å². The number of anilines is 1. The van der Waals surface area contributed by atoms with Gasteiger partial charge in [-0.05, 0) is 35.9 Å². The number of aromatic nitrogens is 3. The van der Waals surface area contributed by atoms with Gasteiger partial charge in [-0.25, -0.2) is 4.98 Å². The van der Waals surface area contributed by atoms with E-state index in [1.54, 1.807) is 18.6 Å². The Morgan fingerprint density at radius 2 is 1.73 bits per heavy atom. The summed E-state index contributed by atoms with van der Waals surface area (Å²) in [7, 11) is 2.07. The van der Waals surface area contributed by atoms with Gasteiger partial charge in [-0.1, -0.05) is 30.3 Å². The summed E-state index contributed by atoms with van der Waals surface area (Å²) in [5.74, 6) is 0.699. The van der Waals surface area contributed by atoms with E-state index < -0.39 is 0 Å². The van der Waals surface area contributed by atoms with Crippen LogP contribution >= 0.6 is 0 Å². The molecule has 5 heteroatoms. The lowest BCUT2D eigenvalue weighted by molar-refractivity contribution is 0.444. The van der Waals surface area contributed by atoms with Crippen LogP contribution in [0.4, 0.5) is 5.69 Å². The number of fused-ring (bicyclic) bond motifs is 1. The van der Waals surface area contributed by atoms with Crippen LogP contribution in [0.5, 0.6) is 11.8 Å². The van der Waals surface area contributed by atoms with Gasteiger partial charge in [-0.2, -0.15) is 4.98 Å². The molecule has 0 fully saturated rings. The summed E-state index contributed by atoms with van der Waals surface area (Å²) in [6.45, 7) is 0.849. The number of rotatable bonds is 5. The average molecular weight is 342 g/mol. The monoisotopic (exact) mass is 342 g/mol. The smallest absolute Gasteiger partial charge is 0.322 e. The molecule has 0 aliphatic rings. The normalized spacial score (nSPS) is 10.7. The molecule has 0 radical (unpaired) electrons. The van der Waals surface area contributed by atoms with Crippen molar-refractivity contribution in [1.82, 2.24) is 15.0 Å². The number of hydrogen-bond donors (Lipinski definition) is 0. The molecular formula is C21H18N4O. The lowest BCUT2D eigenvalue weighted by atomic mass is 10.2. The number of hydrogen-bond acceptors (Lipinski definition) is 5. The van der Waals surface area contributed by atoms with Crippen LogP contribution in [0.3, 0.4) is 0 Å². The fourth-order valence-electron chi connectivity index (χ4n) is 2.73. The average Bonchev–Trinajstić information content (AvgIpc) is 2.69. The molecule has 0 unspecified atom stereocenters. The molecule has 0 saturated carbocycles. The van der Waals surface area contributed by atoms with Crippen molar-refractivity contribution in [1.29, 1.82) is 0 Å². The molecule has 2 heterocycles. The van der Waals surface area contributed by atoms with Crippen LogP contribution in [-0.2, 0) is 6.54 Å². The van der Waals surface area contributed by atoms with E-state index in [-0.39, 0.29) is 0 Å². The number of benzene rings is 2. The Labute approximate surface area is 151 Å². The van der Waals surface area contributed by atoms with E-state index in [0.717, 1.165) is 23.1 Å². The van der Waals surface area contributed by atoms with Crippen LogP contribution in [0.25, 0.3) is 10.9 Å². The molecule has 0 bridgehead atoms. The second-order valence-corrected chi connectivity index (χ2v) is 6.02. The molecule has 0 spiro atoms. The molecule has 2 aromatic heterocycles. The Kier molecular flexibility index (Phi) is 4.43. The fraction of sp³-hybridized carbons (Fsp3) is 0.0952. The van der Waals surface area contributed by atoms with Crippen LogP contribution in [0.1, 0.15) is 5.56 Å². The van der Waals surface area contributed by atoms with E-state index in [4.69, 9.17) is 4.74 Å². The van der Waals surface area contributed by atoms with Gasteiger partial charge in [0.25, 0.3) is 0 Å². The molecule has 4 rings (SSSR count). The fourth-order valence-corrected chi connectivity index (χ4v) is 2.73. The Morgan fingerprint density at radius 1 is 0.923 bits per heavy atom. The van der Waals surface area contributed by atoms with Crippen molar-refractivity contribution in [3.05, 3.63) is 84.8 Å². The van der Waals surface area contributed by atoms with Crippen molar-refractivity contribution in [3.63, 3.8) is 0 Å². The first-order chi connectivity index (χ1) is 12.8. The summed E-state index contributed by atoms with van der Waals surface area (Å²) >= 11 is 0. The topological polar surface area (TPSA) is 51.1 Å². The van der Waals surface area contributed by atoms with E-state index in [1.807, 2.05) is 36.4 Å². The van der Waals surface area contributed by atoms with Crippen molar-refractivity contribution in [2.24, 2.45) is 0 Å². The summed E-state index contributed by atoms with van der Waals surface area (Å²) in [6.07, 6.45) is 5.16. The van der Waals surface area contributed by atoms with Gasteiger partial charge in [-0.3, -0.25) is 4.98 Å². The number of ether oxygens (including phenoxy) is 1. The highest BCUT2D eigenvalue weighted by Gasteiger charge is 2.05. The minimum atomic E-state index is 0.316. The van der Waals surface area contributed by atoms with Gasteiger partial charge in [0, 0.05) is 37.1 Å². The van der Waals surface area contributed by atoms with E-state index in [2.05, 4.69) is 51.2 Å². The zero-order valence-electron chi connectivity index (χ0n) is 14.4. The minimum Gasteiger partial charge on any atom is -0.424 e. The van der Waals surface area contributed by atoms with Crippen LogP contribution in [0.2, 0.25) is 0 Å². The molecule has 0 aliphatic heterocycles. The first-order valence-corrected chi connectivity index (χ1v) is 8.38. The predicted octanol–water partition coefficient (Wildman–Crippen LogP) is 4.45. The maximum absolute atomic E-state index is 5.77. The van der Waals surface area contributed by atoms with Gasteiger partial charge in [0.05, 0.1) is 11.7 Å². The number of nitrogens with zero attached hydrogens (tertiary/aromatic N) is 4. The molecule has 5 nitrogen and oxygen atoms in total. The Hall–Kier alpha value is -3.47. The van der Waals surface area contributed by atoms with Crippen LogP contribution in [0, 0.1) is 0 Å². The highest BCUT2D eigenvalue weighted by atomic mass is 16.5. The summed E-state index contributed by atoms with van der Waals surface area (Å²) in [5.41, 5.74) is 3.15. The van der Waals surface area contributed by atoms with Crippen LogP contribution < -0.4 is 9.64 Å². The summed E-state index contributed by atoms with van der Waals surface area (Å²) in [6, 6.07) is 20.5. The Morgan fingerprint density at radius 3 is 2.54 bits per heavy atom. The molecule has 0 aliphatic carbocycles. The van der Waals surface area contributed by atoms with Crippen molar-refractivity contribution >= 4 is 16.6 Å². The van der Waals surface area contributed by atoms with Gasteiger partial charge < -0.3 is 9.64 Å².